The van der Waals surface area contributed by atoms with Crippen LogP contribution in [0.25, 0.3) is 0 Å². The Hall–Kier alpha value is -0.760. The van der Waals surface area contributed by atoms with Crippen LogP contribution in [-0.2, 0) is 4.79 Å². The van der Waals surface area contributed by atoms with E-state index in [2.05, 4.69) is 11.3 Å². The highest BCUT2D eigenvalue weighted by Crippen LogP contribution is 2.15. The number of nitrogens with one attached hydrogen (secondary N) is 1. The third kappa shape index (κ3) is 2.88. The second-order valence-electron chi connectivity index (χ2n) is 2.84. The van der Waals surface area contributed by atoms with Crippen molar-refractivity contribution in [3.63, 3.8) is 0 Å². The molecule has 1 atom stereocenters. The maximum Gasteiger partial charge on any atom is 0.251 e. The van der Waals surface area contributed by atoms with Crippen molar-refractivity contribution >= 4 is 18.3 Å². The predicted octanol–water partition coefficient (Wildman–Crippen LogP) is -0.504. The Labute approximate surface area is 84.2 Å². The number of hydrogen-bond donors (Lipinski definition) is 2. The molecule has 0 saturated carbocycles. The van der Waals surface area contributed by atoms with Gasteiger partial charge in [0, 0.05) is 0 Å². The van der Waals surface area contributed by atoms with Gasteiger partial charge >= 0.3 is 0 Å². The summed E-state index contributed by atoms with van der Waals surface area (Å²) in [6, 6.07) is -0.119. The molecule has 0 aliphatic carbocycles. The molecule has 0 radical (unpaired) electrons. The summed E-state index contributed by atoms with van der Waals surface area (Å²) in [6.45, 7) is 1.42. The maximum absolute atomic E-state index is 11.2. The zero-order valence-electron chi connectivity index (χ0n) is 7.32. The van der Waals surface area contributed by atoms with Crippen LogP contribution >= 0.6 is 12.4 Å². The van der Waals surface area contributed by atoms with E-state index < -0.39 is 0 Å². The largest absolute Gasteiger partial charge is 0.293 e. The lowest BCUT2D eigenvalue weighted by atomic mass is 10.2. The first-order valence-corrected chi connectivity index (χ1v) is 3.97. The Morgan fingerprint density at radius 2 is 2.46 bits per heavy atom. The average Bonchev–Trinajstić information content (AvgIpc) is 2.52. The van der Waals surface area contributed by atoms with Gasteiger partial charge in [0.05, 0.1) is 12.6 Å². The van der Waals surface area contributed by atoms with Crippen LogP contribution in [0.4, 0.5) is 0 Å². The number of likely N-dealkylation sites (tertiary alicyclic amines) is 1. The van der Waals surface area contributed by atoms with E-state index >= 15 is 0 Å². The molecule has 3 N–H and O–H groups in total. The number of carbonyl (C=O) groups is 1. The van der Waals surface area contributed by atoms with Gasteiger partial charge in [0.1, 0.15) is 0 Å². The number of nitrogens with zero attached hydrogens (tertiary/aromatic N) is 1. The minimum atomic E-state index is -0.136. The topological polar surface area (TPSA) is 58.4 Å². The molecule has 5 heteroatoms. The third-order valence-corrected chi connectivity index (χ3v) is 2.10. The SMILES string of the molecule is C#CCN1CCC[C@H]1C(=O)NN.Cl. The minimum absolute atomic E-state index is 0. The van der Waals surface area contributed by atoms with Crippen LogP contribution < -0.4 is 11.3 Å². The number of hydrazine groups is 1. The van der Waals surface area contributed by atoms with Gasteiger partial charge in [-0.25, -0.2) is 5.84 Å². The Balaban J connectivity index is 0.00000144. The standard InChI is InChI=1S/C8H13N3O.ClH/c1-2-5-11-6-3-4-7(11)8(12)10-9;/h1,7H,3-6,9H2,(H,10,12);1H/t7-;/m0./s1. The van der Waals surface area contributed by atoms with Crippen LogP contribution in [0.5, 0.6) is 0 Å². The summed E-state index contributed by atoms with van der Waals surface area (Å²) in [5.41, 5.74) is 2.15. The summed E-state index contributed by atoms with van der Waals surface area (Å²) >= 11 is 0. The highest BCUT2D eigenvalue weighted by molar-refractivity contribution is 5.85. The van der Waals surface area contributed by atoms with E-state index in [0.717, 1.165) is 19.4 Å². The van der Waals surface area contributed by atoms with E-state index in [0.29, 0.717) is 6.54 Å². The van der Waals surface area contributed by atoms with Gasteiger partial charge in [-0.3, -0.25) is 15.1 Å². The van der Waals surface area contributed by atoms with Crippen molar-refractivity contribution in [3.8, 4) is 12.3 Å². The van der Waals surface area contributed by atoms with Crippen LogP contribution in [0.15, 0.2) is 0 Å². The second kappa shape index (κ2) is 5.81. The van der Waals surface area contributed by atoms with Gasteiger partial charge in [-0.15, -0.1) is 18.8 Å². The van der Waals surface area contributed by atoms with E-state index in [1.807, 2.05) is 4.90 Å². The van der Waals surface area contributed by atoms with Crippen molar-refractivity contribution in [2.24, 2.45) is 5.84 Å². The molecule has 0 bridgehead atoms. The molecule has 1 rings (SSSR count). The Morgan fingerprint density at radius 3 is 3.00 bits per heavy atom. The maximum atomic E-state index is 11.2. The highest BCUT2D eigenvalue weighted by atomic mass is 35.5. The third-order valence-electron chi connectivity index (χ3n) is 2.10. The Morgan fingerprint density at radius 1 is 1.77 bits per heavy atom. The van der Waals surface area contributed by atoms with Crippen molar-refractivity contribution in [3.05, 3.63) is 0 Å². The van der Waals surface area contributed by atoms with Crippen molar-refractivity contribution in [1.29, 1.82) is 0 Å². The van der Waals surface area contributed by atoms with Gasteiger partial charge in [-0.2, -0.15) is 0 Å². The molecule has 1 saturated heterocycles. The molecule has 4 nitrogen and oxygen atoms in total. The van der Waals surface area contributed by atoms with Gasteiger partial charge in [0.2, 0.25) is 0 Å². The molecule has 1 aliphatic heterocycles. The van der Waals surface area contributed by atoms with Gasteiger partial charge in [-0.05, 0) is 19.4 Å². The van der Waals surface area contributed by atoms with Crippen molar-refractivity contribution in [1.82, 2.24) is 10.3 Å². The molecular formula is C8H14ClN3O. The highest BCUT2D eigenvalue weighted by Gasteiger charge is 2.29. The number of rotatable bonds is 2. The quantitative estimate of drug-likeness (QED) is 0.275. The predicted molar refractivity (Wildman–Crippen MR) is 53.0 cm³/mol. The first-order chi connectivity index (χ1) is 5.79. The fourth-order valence-corrected chi connectivity index (χ4v) is 1.53. The van der Waals surface area contributed by atoms with E-state index in [9.17, 15) is 4.79 Å². The molecule has 1 amide bonds. The summed E-state index contributed by atoms with van der Waals surface area (Å²) in [6.07, 6.45) is 7.02. The molecule has 0 aromatic heterocycles. The van der Waals surface area contributed by atoms with E-state index in [4.69, 9.17) is 12.3 Å². The molecule has 13 heavy (non-hydrogen) atoms. The number of amides is 1. The summed E-state index contributed by atoms with van der Waals surface area (Å²) in [4.78, 5) is 13.1. The normalized spacial score (nSPS) is 21.7. The first-order valence-electron chi connectivity index (χ1n) is 3.97. The lowest BCUT2D eigenvalue weighted by Gasteiger charge is -2.19. The monoisotopic (exact) mass is 203 g/mol. The minimum Gasteiger partial charge on any atom is -0.293 e. The zero-order chi connectivity index (χ0) is 8.97. The first kappa shape index (κ1) is 12.2. The zero-order valence-corrected chi connectivity index (χ0v) is 8.14. The smallest absolute Gasteiger partial charge is 0.251 e. The summed E-state index contributed by atoms with van der Waals surface area (Å²) < 4.78 is 0. The molecule has 0 spiro atoms. The molecule has 1 heterocycles. The molecule has 0 unspecified atom stereocenters. The van der Waals surface area contributed by atoms with Crippen LogP contribution in [-0.4, -0.2) is 29.9 Å². The van der Waals surface area contributed by atoms with Crippen LogP contribution in [0, 0.1) is 12.3 Å². The van der Waals surface area contributed by atoms with Crippen LogP contribution in [0.3, 0.4) is 0 Å². The molecule has 1 aliphatic rings. The number of terminal acetylenes is 1. The van der Waals surface area contributed by atoms with Crippen molar-refractivity contribution < 1.29 is 4.79 Å². The fraction of sp³-hybridized carbons (Fsp3) is 0.625. The lowest BCUT2D eigenvalue weighted by molar-refractivity contribution is -0.125. The number of nitrogens with two attached hydrogens (primary N) is 1. The Kier molecular flexibility index (Phi) is 5.47. The summed E-state index contributed by atoms with van der Waals surface area (Å²) in [7, 11) is 0. The fourth-order valence-electron chi connectivity index (χ4n) is 1.53. The van der Waals surface area contributed by atoms with Crippen LogP contribution in [0.1, 0.15) is 12.8 Å². The van der Waals surface area contributed by atoms with E-state index in [1.54, 1.807) is 0 Å². The van der Waals surface area contributed by atoms with E-state index in [1.165, 1.54) is 0 Å². The molecular weight excluding hydrogens is 190 g/mol. The number of halogens is 1. The molecule has 1 fully saturated rings. The van der Waals surface area contributed by atoms with Gasteiger partial charge in [0.15, 0.2) is 0 Å². The second-order valence-corrected chi connectivity index (χ2v) is 2.84. The summed E-state index contributed by atoms with van der Waals surface area (Å²) in [5.74, 6) is 7.42. The van der Waals surface area contributed by atoms with Crippen LogP contribution in [0.2, 0.25) is 0 Å². The number of hydrogen-bond acceptors (Lipinski definition) is 3. The van der Waals surface area contributed by atoms with Gasteiger partial charge in [0.25, 0.3) is 5.91 Å². The Bertz CT molecular complexity index is 214. The van der Waals surface area contributed by atoms with Gasteiger partial charge in [-0.1, -0.05) is 5.92 Å². The summed E-state index contributed by atoms with van der Waals surface area (Å²) in [5, 5.41) is 0. The van der Waals surface area contributed by atoms with Crippen molar-refractivity contribution in [2.45, 2.75) is 18.9 Å². The average molecular weight is 204 g/mol. The van der Waals surface area contributed by atoms with Gasteiger partial charge < -0.3 is 0 Å². The number of carbonyl (C=O) groups excluding carboxylic acids is 1. The molecule has 74 valence electrons. The van der Waals surface area contributed by atoms with E-state index in [-0.39, 0.29) is 24.4 Å². The lowest BCUT2D eigenvalue weighted by Crippen LogP contribution is -2.45. The molecule has 0 aromatic carbocycles. The van der Waals surface area contributed by atoms with Crippen molar-refractivity contribution in [2.75, 3.05) is 13.1 Å². The molecule has 0 aromatic rings.